The maximum Gasteiger partial charge on any atom is 0.433 e. The number of fused-ring (bicyclic) bond motifs is 1. The molecule has 16 heavy (non-hydrogen) atoms. The Kier molecular flexibility index (Phi) is 2.32. The number of halogens is 3. The summed E-state index contributed by atoms with van der Waals surface area (Å²) in [7, 11) is 0. The van der Waals surface area contributed by atoms with Crippen LogP contribution < -0.4 is 5.32 Å². The molecule has 2 atom stereocenters. The lowest BCUT2D eigenvalue weighted by Crippen LogP contribution is -2.29. The number of ketones is 1. The zero-order valence-corrected chi connectivity index (χ0v) is 8.61. The van der Waals surface area contributed by atoms with Crippen molar-refractivity contribution in [3.63, 3.8) is 0 Å². The largest absolute Gasteiger partial charge is 0.433 e. The summed E-state index contributed by atoms with van der Waals surface area (Å²) in [4.78, 5) is 11.6. The highest BCUT2D eigenvalue weighted by Gasteiger charge is 2.57. The van der Waals surface area contributed by atoms with Crippen molar-refractivity contribution in [2.45, 2.75) is 19.5 Å². The number of hydrogen-bond acceptors (Lipinski definition) is 3. The molecular weight excluding hydrogens is 221 g/mol. The minimum atomic E-state index is -4.67. The Hall–Kier alpha value is -1.33. The van der Waals surface area contributed by atoms with Crippen LogP contribution in [-0.4, -0.2) is 24.2 Å². The van der Waals surface area contributed by atoms with E-state index in [0.29, 0.717) is 13.0 Å². The molecule has 0 aromatic heterocycles. The Bertz CT molecular complexity index is 397. The highest BCUT2D eigenvalue weighted by Crippen LogP contribution is 2.53. The summed E-state index contributed by atoms with van der Waals surface area (Å²) in [5.41, 5.74) is -1.50. The van der Waals surface area contributed by atoms with Gasteiger partial charge in [-0.2, -0.15) is 13.2 Å². The number of Topliss-reactive ketones (excluding diaryl/α,β-unsaturated/α-hetero) is 1. The fourth-order valence-corrected chi connectivity index (χ4v) is 2.13. The average molecular weight is 232 g/mol. The molecule has 1 fully saturated rings. The van der Waals surface area contributed by atoms with Gasteiger partial charge in [0.15, 0.2) is 5.78 Å². The van der Waals surface area contributed by atoms with Gasteiger partial charge in [0.1, 0.15) is 5.71 Å². The predicted octanol–water partition coefficient (Wildman–Crippen LogP) is 1.65. The Morgan fingerprint density at radius 1 is 1.50 bits per heavy atom. The highest BCUT2D eigenvalue weighted by atomic mass is 19.4. The number of carbonyl (C=O) groups excluding carboxylic acids is 1. The van der Waals surface area contributed by atoms with Gasteiger partial charge in [-0.1, -0.05) is 0 Å². The van der Waals surface area contributed by atoms with E-state index in [4.69, 9.17) is 5.41 Å². The Labute approximate surface area is 90.2 Å². The Balaban J connectivity index is 2.36. The first-order valence-electron chi connectivity index (χ1n) is 5.06. The van der Waals surface area contributed by atoms with Crippen LogP contribution in [0.5, 0.6) is 0 Å². The average Bonchev–Trinajstić information content (AvgIpc) is 2.89. The normalized spacial score (nSPS) is 28.1. The standard InChI is InChI=1S/C10H11F3N2O/c1-2-15-7-6(9(14)10(11,12)13)4-3-5(4)8(7)16/h4-5,14-15H,2-3H2,1H3. The van der Waals surface area contributed by atoms with Crippen molar-refractivity contribution in [3.8, 4) is 0 Å². The molecule has 2 aliphatic rings. The van der Waals surface area contributed by atoms with Gasteiger partial charge in [-0.25, -0.2) is 0 Å². The minimum Gasteiger partial charge on any atom is -0.382 e. The van der Waals surface area contributed by atoms with Crippen LogP contribution in [0, 0.1) is 17.2 Å². The van der Waals surface area contributed by atoms with E-state index < -0.39 is 11.9 Å². The Morgan fingerprint density at radius 2 is 2.12 bits per heavy atom. The molecule has 0 amide bonds. The molecule has 6 heteroatoms. The number of hydrogen-bond donors (Lipinski definition) is 2. The minimum absolute atomic E-state index is 0.00563. The van der Waals surface area contributed by atoms with Crippen molar-refractivity contribution < 1.29 is 18.0 Å². The monoisotopic (exact) mass is 232 g/mol. The number of nitrogens with one attached hydrogen (secondary N) is 2. The summed E-state index contributed by atoms with van der Waals surface area (Å²) < 4.78 is 37.3. The molecule has 2 N–H and O–H groups in total. The second-order valence-corrected chi connectivity index (χ2v) is 4.00. The smallest absolute Gasteiger partial charge is 0.382 e. The van der Waals surface area contributed by atoms with E-state index in [0.717, 1.165) is 0 Å². The van der Waals surface area contributed by atoms with Gasteiger partial charge < -0.3 is 5.32 Å². The highest BCUT2D eigenvalue weighted by molar-refractivity contribution is 6.15. The van der Waals surface area contributed by atoms with Gasteiger partial charge in [-0.3, -0.25) is 10.2 Å². The van der Waals surface area contributed by atoms with Gasteiger partial charge in [0.05, 0.1) is 5.70 Å². The predicted molar refractivity (Wildman–Crippen MR) is 51.1 cm³/mol. The quantitative estimate of drug-likeness (QED) is 0.727. The van der Waals surface area contributed by atoms with Crippen LogP contribution in [0.3, 0.4) is 0 Å². The SMILES string of the molecule is CCNC1=C(C(=N)C(F)(F)F)C2CC2C1=O. The lowest BCUT2D eigenvalue weighted by Gasteiger charge is -2.13. The molecule has 0 aromatic rings. The second-order valence-electron chi connectivity index (χ2n) is 4.00. The van der Waals surface area contributed by atoms with Gasteiger partial charge in [0, 0.05) is 18.0 Å². The molecule has 0 aliphatic heterocycles. The summed E-state index contributed by atoms with van der Waals surface area (Å²) in [6.07, 6.45) is -4.21. The molecule has 2 rings (SSSR count). The molecule has 0 saturated heterocycles. The second kappa shape index (κ2) is 3.33. The molecule has 3 nitrogen and oxygen atoms in total. The summed E-state index contributed by atoms with van der Waals surface area (Å²) in [6.45, 7) is 2.09. The van der Waals surface area contributed by atoms with Crippen molar-refractivity contribution >= 4 is 11.5 Å². The topological polar surface area (TPSA) is 53.0 Å². The van der Waals surface area contributed by atoms with Crippen LogP contribution >= 0.6 is 0 Å². The molecule has 0 spiro atoms. The van der Waals surface area contributed by atoms with E-state index in [1.54, 1.807) is 6.92 Å². The third-order valence-electron chi connectivity index (χ3n) is 2.92. The van der Waals surface area contributed by atoms with Crippen molar-refractivity contribution in [2.24, 2.45) is 11.8 Å². The first kappa shape index (κ1) is 11.2. The Morgan fingerprint density at radius 3 is 2.62 bits per heavy atom. The van der Waals surface area contributed by atoms with Gasteiger partial charge in [0.2, 0.25) is 0 Å². The number of allylic oxidation sites excluding steroid dienone is 2. The number of rotatable bonds is 3. The first-order chi connectivity index (χ1) is 7.38. The lowest BCUT2D eigenvalue weighted by molar-refractivity contribution is -0.116. The fourth-order valence-electron chi connectivity index (χ4n) is 2.13. The zero-order valence-electron chi connectivity index (χ0n) is 8.61. The third-order valence-corrected chi connectivity index (χ3v) is 2.92. The van der Waals surface area contributed by atoms with Crippen LogP contribution in [0.2, 0.25) is 0 Å². The van der Waals surface area contributed by atoms with E-state index >= 15 is 0 Å². The molecule has 0 bridgehead atoms. The van der Waals surface area contributed by atoms with E-state index in [2.05, 4.69) is 5.32 Å². The maximum atomic E-state index is 12.4. The molecule has 1 saturated carbocycles. The number of carbonyl (C=O) groups is 1. The fraction of sp³-hybridized carbons (Fsp3) is 0.600. The molecule has 88 valence electrons. The molecule has 2 unspecified atom stereocenters. The van der Waals surface area contributed by atoms with Crippen LogP contribution in [0.1, 0.15) is 13.3 Å². The molecular formula is C10H11F3N2O. The van der Waals surface area contributed by atoms with Crippen molar-refractivity contribution in [1.29, 1.82) is 5.41 Å². The summed E-state index contributed by atoms with van der Waals surface area (Å²) in [5.74, 6) is -0.960. The maximum absolute atomic E-state index is 12.4. The molecule has 0 aromatic carbocycles. The van der Waals surface area contributed by atoms with E-state index in [-0.39, 0.29) is 28.9 Å². The van der Waals surface area contributed by atoms with Gasteiger partial charge in [-0.15, -0.1) is 0 Å². The van der Waals surface area contributed by atoms with E-state index in [1.807, 2.05) is 0 Å². The molecule has 2 aliphatic carbocycles. The zero-order chi connectivity index (χ0) is 12.1. The summed E-state index contributed by atoms with van der Waals surface area (Å²) >= 11 is 0. The van der Waals surface area contributed by atoms with Crippen LogP contribution in [0.4, 0.5) is 13.2 Å². The summed E-state index contributed by atoms with van der Waals surface area (Å²) in [6, 6.07) is 0. The van der Waals surface area contributed by atoms with E-state index in [1.165, 1.54) is 0 Å². The van der Waals surface area contributed by atoms with Gasteiger partial charge in [-0.05, 0) is 19.3 Å². The van der Waals surface area contributed by atoms with Crippen LogP contribution in [0.25, 0.3) is 0 Å². The van der Waals surface area contributed by atoms with Gasteiger partial charge in [0.25, 0.3) is 0 Å². The van der Waals surface area contributed by atoms with Gasteiger partial charge >= 0.3 is 6.18 Å². The van der Waals surface area contributed by atoms with Crippen molar-refractivity contribution in [1.82, 2.24) is 5.32 Å². The van der Waals surface area contributed by atoms with Crippen molar-refractivity contribution in [3.05, 3.63) is 11.3 Å². The third kappa shape index (κ3) is 1.52. The number of alkyl halides is 3. The van der Waals surface area contributed by atoms with E-state index in [9.17, 15) is 18.0 Å². The van der Waals surface area contributed by atoms with Crippen LogP contribution in [-0.2, 0) is 4.79 Å². The first-order valence-corrected chi connectivity index (χ1v) is 5.06. The number of likely N-dealkylation sites (N-methyl/N-ethyl adjacent to an activating group) is 1. The summed E-state index contributed by atoms with van der Waals surface area (Å²) in [5, 5.41) is 9.77. The van der Waals surface area contributed by atoms with Crippen molar-refractivity contribution in [2.75, 3.05) is 6.54 Å². The van der Waals surface area contributed by atoms with Crippen LogP contribution in [0.15, 0.2) is 11.3 Å². The molecule has 0 heterocycles. The molecule has 0 radical (unpaired) electrons. The lowest BCUT2D eigenvalue weighted by atomic mass is 10.1.